The lowest BCUT2D eigenvalue weighted by Gasteiger charge is -2.25. The number of benzene rings is 2. The predicted molar refractivity (Wildman–Crippen MR) is 95.6 cm³/mol. The van der Waals surface area contributed by atoms with Crippen LogP contribution in [0.25, 0.3) is 0 Å². The number of amides is 2. The van der Waals surface area contributed by atoms with E-state index in [-0.39, 0.29) is 24.5 Å². The Balaban J connectivity index is 1.56. The van der Waals surface area contributed by atoms with Crippen LogP contribution in [-0.4, -0.2) is 31.6 Å². The summed E-state index contributed by atoms with van der Waals surface area (Å²) >= 11 is 0. The highest BCUT2D eigenvalue weighted by atomic mass is 19.3. The molecule has 148 valence electrons. The standard InChI is InChI=1S/C19H18F2N2O5/c1-26-15-8-11(6-7-14(15)28-19(20)21)10-22-17(24)9-16-18(25)23-12-4-2-3-5-13(12)27-16/h2-8,16,19H,9-10H2,1H3,(H,22,24)(H,23,25)/t16-/m0/s1. The second-order valence-corrected chi connectivity index (χ2v) is 5.94. The Hall–Kier alpha value is -3.36. The van der Waals surface area contributed by atoms with Gasteiger partial charge in [-0.1, -0.05) is 18.2 Å². The minimum absolute atomic E-state index is 0.0986. The van der Waals surface area contributed by atoms with Crippen molar-refractivity contribution < 1.29 is 32.6 Å². The van der Waals surface area contributed by atoms with Crippen LogP contribution in [0.3, 0.4) is 0 Å². The summed E-state index contributed by atoms with van der Waals surface area (Å²) in [6, 6.07) is 11.3. The summed E-state index contributed by atoms with van der Waals surface area (Å²) in [7, 11) is 1.33. The molecule has 9 heteroatoms. The van der Waals surface area contributed by atoms with Gasteiger partial charge in [-0.15, -0.1) is 0 Å². The molecule has 0 saturated carbocycles. The second kappa shape index (κ2) is 8.55. The Bertz CT molecular complexity index is 875. The number of methoxy groups -OCH3 is 1. The highest BCUT2D eigenvalue weighted by Crippen LogP contribution is 2.30. The van der Waals surface area contributed by atoms with E-state index >= 15 is 0 Å². The summed E-state index contributed by atoms with van der Waals surface area (Å²) < 4.78 is 39.7. The van der Waals surface area contributed by atoms with Crippen LogP contribution in [0, 0.1) is 0 Å². The van der Waals surface area contributed by atoms with Crippen LogP contribution in [0.1, 0.15) is 12.0 Å². The molecule has 1 atom stereocenters. The van der Waals surface area contributed by atoms with E-state index < -0.39 is 24.5 Å². The number of para-hydroxylation sites is 2. The monoisotopic (exact) mass is 392 g/mol. The van der Waals surface area contributed by atoms with Crippen LogP contribution in [0.2, 0.25) is 0 Å². The normalized spacial score (nSPS) is 15.3. The third kappa shape index (κ3) is 4.67. The van der Waals surface area contributed by atoms with Crippen molar-refractivity contribution in [3.05, 3.63) is 48.0 Å². The summed E-state index contributed by atoms with van der Waals surface area (Å²) in [5.74, 6) is -0.271. The van der Waals surface area contributed by atoms with Crippen molar-refractivity contribution in [3.63, 3.8) is 0 Å². The number of carbonyl (C=O) groups is 2. The van der Waals surface area contributed by atoms with E-state index in [9.17, 15) is 18.4 Å². The first-order valence-electron chi connectivity index (χ1n) is 8.41. The fraction of sp³-hybridized carbons (Fsp3) is 0.263. The van der Waals surface area contributed by atoms with Gasteiger partial charge in [0, 0.05) is 6.54 Å². The molecule has 28 heavy (non-hydrogen) atoms. The number of ether oxygens (including phenoxy) is 3. The first kappa shape index (κ1) is 19.4. The number of hydrogen-bond acceptors (Lipinski definition) is 5. The van der Waals surface area contributed by atoms with E-state index in [1.165, 1.54) is 25.3 Å². The number of alkyl halides is 2. The van der Waals surface area contributed by atoms with Crippen molar-refractivity contribution in [1.82, 2.24) is 5.32 Å². The van der Waals surface area contributed by atoms with Gasteiger partial charge in [0.2, 0.25) is 5.91 Å². The minimum atomic E-state index is -2.97. The molecule has 0 aromatic heterocycles. The van der Waals surface area contributed by atoms with Gasteiger partial charge in [-0.05, 0) is 29.8 Å². The molecule has 2 aromatic rings. The number of nitrogens with one attached hydrogen (secondary N) is 2. The fourth-order valence-electron chi connectivity index (χ4n) is 2.68. The van der Waals surface area contributed by atoms with Crippen LogP contribution in [0.5, 0.6) is 17.2 Å². The zero-order chi connectivity index (χ0) is 20.1. The largest absolute Gasteiger partial charge is 0.493 e. The van der Waals surface area contributed by atoms with Gasteiger partial charge in [-0.3, -0.25) is 9.59 Å². The molecule has 7 nitrogen and oxygen atoms in total. The van der Waals surface area contributed by atoms with E-state index in [4.69, 9.17) is 9.47 Å². The zero-order valence-corrected chi connectivity index (χ0v) is 14.9. The molecule has 0 aliphatic carbocycles. The van der Waals surface area contributed by atoms with E-state index in [2.05, 4.69) is 15.4 Å². The quantitative estimate of drug-likeness (QED) is 0.757. The molecule has 0 spiro atoms. The number of carbonyl (C=O) groups excluding carboxylic acids is 2. The Labute approximate surface area is 159 Å². The smallest absolute Gasteiger partial charge is 0.387 e. The maximum atomic E-state index is 12.4. The Morgan fingerprint density at radius 2 is 2.04 bits per heavy atom. The number of anilines is 1. The van der Waals surface area contributed by atoms with Crippen molar-refractivity contribution >= 4 is 17.5 Å². The number of fused-ring (bicyclic) bond motifs is 1. The van der Waals surface area contributed by atoms with Crippen LogP contribution in [-0.2, 0) is 16.1 Å². The summed E-state index contributed by atoms with van der Waals surface area (Å²) in [6.07, 6.45) is -1.10. The molecule has 1 aliphatic heterocycles. The van der Waals surface area contributed by atoms with Crippen molar-refractivity contribution in [2.24, 2.45) is 0 Å². The number of hydrogen-bond donors (Lipinski definition) is 2. The van der Waals surface area contributed by atoms with Gasteiger partial charge >= 0.3 is 6.61 Å². The van der Waals surface area contributed by atoms with Gasteiger partial charge in [0.15, 0.2) is 17.6 Å². The number of rotatable bonds is 7. The van der Waals surface area contributed by atoms with E-state index in [1.807, 2.05) is 0 Å². The lowest BCUT2D eigenvalue weighted by molar-refractivity contribution is -0.130. The zero-order valence-electron chi connectivity index (χ0n) is 14.9. The molecule has 1 aliphatic rings. The average Bonchev–Trinajstić information content (AvgIpc) is 2.67. The van der Waals surface area contributed by atoms with Gasteiger partial charge in [0.25, 0.3) is 5.91 Å². The van der Waals surface area contributed by atoms with Crippen molar-refractivity contribution in [3.8, 4) is 17.2 Å². The molecule has 1 heterocycles. The molecule has 0 fully saturated rings. The maximum Gasteiger partial charge on any atom is 0.387 e. The number of halogens is 2. The fourth-order valence-corrected chi connectivity index (χ4v) is 2.68. The molecular weight excluding hydrogens is 374 g/mol. The van der Waals surface area contributed by atoms with Gasteiger partial charge < -0.3 is 24.8 Å². The van der Waals surface area contributed by atoms with E-state index in [0.717, 1.165) is 0 Å². The van der Waals surface area contributed by atoms with Crippen LogP contribution < -0.4 is 24.8 Å². The Morgan fingerprint density at radius 1 is 1.25 bits per heavy atom. The second-order valence-electron chi connectivity index (χ2n) is 5.94. The van der Waals surface area contributed by atoms with Crippen molar-refractivity contribution in [1.29, 1.82) is 0 Å². The predicted octanol–water partition coefficient (Wildman–Crippen LogP) is 2.70. The third-order valence-electron chi connectivity index (χ3n) is 4.01. The average molecular weight is 392 g/mol. The maximum absolute atomic E-state index is 12.4. The first-order valence-corrected chi connectivity index (χ1v) is 8.41. The summed E-state index contributed by atoms with van der Waals surface area (Å²) in [5, 5.41) is 5.35. The molecular formula is C19H18F2N2O5. The molecule has 0 radical (unpaired) electrons. The van der Waals surface area contributed by atoms with Gasteiger partial charge in [0.05, 0.1) is 19.2 Å². The molecule has 2 amide bonds. The SMILES string of the molecule is COc1cc(CNC(=O)C[C@@H]2Oc3ccccc3NC2=O)ccc1OC(F)F. The van der Waals surface area contributed by atoms with Crippen LogP contribution >= 0.6 is 0 Å². The molecule has 3 rings (SSSR count). The Kier molecular flexibility index (Phi) is 5.93. The third-order valence-corrected chi connectivity index (χ3v) is 4.01. The van der Waals surface area contributed by atoms with Gasteiger partial charge in [0.1, 0.15) is 5.75 Å². The van der Waals surface area contributed by atoms with Crippen molar-refractivity contribution in [2.75, 3.05) is 12.4 Å². The summed E-state index contributed by atoms with van der Waals surface area (Å²) in [4.78, 5) is 24.3. The van der Waals surface area contributed by atoms with E-state index in [0.29, 0.717) is 17.0 Å². The minimum Gasteiger partial charge on any atom is -0.493 e. The lowest BCUT2D eigenvalue weighted by atomic mass is 10.1. The van der Waals surface area contributed by atoms with Gasteiger partial charge in [-0.25, -0.2) is 0 Å². The van der Waals surface area contributed by atoms with Crippen LogP contribution in [0.15, 0.2) is 42.5 Å². The molecule has 0 saturated heterocycles. The lowest BCUT2D eigenvalue weighted by Crippen LogP contribution is -2.40. The highest BCUT2D eigenvalue weighted by Gasteiger charge is 2.29. The summed E-state index contributed by atoms with van der Waals surface area (Å²) in [6.45, 7) is -2.85. The molecule has 2 aromatic carbocycles. The topological polar surface area (TPSA) is 85.9 Å². The summed E-state index contributed by atoms with van der Waals surface area (Å²) in [5.41, 5.74) is 1.17. The van der Waals surface area contributed by atoms with Gasteiger partial charge in [-0.2, -0.15) is 8.78 Å². The van der Waals surface area contributed by atoms with Crippen LogP contribution in [0.4, 0.5) is 14.5 Å². The van der Waals surface area contributed by atoms with Crippen molar-refractivity contribution in [2.45, 2.75) is 25.7 Å². The molecule has 0 unspecified atom stereocenters. The molecule has 0 bridgehead atoms. The molecule has 2 N–H and O–H groups in total. The van der Waals surface area contributed by atoms with E-state index in [1.54, 1.807) is 24.3 Å². The Morgan fingerprint density at radius 3 is 2.79 bits per heavy atom. The first-order chi connectivity index (χ1) is 13.5. The highest BCUT2D eigenvalue weighted by molar-refractivity contribution is 5.99.